The molecule has 0 heterocycles. The first-order valence-corrected chi connectivity index (χ1v) is 8.29. The molecule has 0 aliphatic heterocycles. The average Bonchev–Trinajstić information content (AvgIpc) is 3.30. The molecule has 2 unspecified atom stereocenters. The van der Waals surface area contributed by atoms with Crippen molar-refractivity contribution in [2.45, 2.75) is 38.3 Å². The third-order valence-corrected chi connectivity index (χ3v) is 4.56. The molecule has 1 fully saturated rings. The van der Waals surface area contributed by atoms with Crippen LogP contribution in [0.5, 0.6) is 0 Å². The summed E-state index contributed by atoms with van der Waals surface area (Å²) in [5.41, 5.74) is 7.45. The topological polar surface area (TPSA) is 38.5 Å². The van der Waals surface area contributed by atoms with Crippen LogP contribution in [0.3, 0.4) is 0 Å². The van der Waals surface area contributed by atoms with Gasteiger partial charge in [0.25, 0.3) is 0 Å². The number of nitrogens with two attached hydrogens (primary N) is 1. The molecule has 21 heavy (non-hydrogen) atoms. The first-order valence-electron chi connectivity index (χ1n) is 7.91. The Hall–Kier alpha value is -0.610. The Labute approximate surface area is 133 Å². The molecule has 0 bridgehead atoms. The van der Waals surface area contributed by atoms with Gasteiger partial charge in [-0.3, -0.25) is 4.90 Å². The Kier molecular flexibility index (Phi) is 6.49. The highest BCUT2D eigenvalue weighted by atomic mass is 35.5. The van der Waals surface area contributed by atoms with Crippen LogP contribution in [0.4, 0.5) is 0 Å². The van der Waals surface area contributed by atoms with Crippen molar-refractivity contribution in [3.05, 3.63) is 34.9 Å². The summed E-state index contributed by atoms with van der Waals surface area (Å²) in [6.45, 7) is 4.65. The van der Waals surface area contributed by atoms with Crippen LogP contribution in [0.2, 0.25) is 5.02 Å². The lowest BCUT2D eigenvalue weighted by molar-refractivity contribution is 0.0861. The van der Waals surface area contributed by atoms with Crippen LogP contribution < -0.4 is 5.73 Å². The SMILES string of the molecule is CCC(N)C(c1ccccc1Cl)N(C)CCOCC1CC1. The van der Waals surface area contributed by atoms with E-state index in [0.717, 1.165) is 42.7 Å². The normalized spacial score (nSPS) is 18.0. The highest BCUT2D eigenvalue weighted by Gasteiger charge is 2.25. The maximum absolute atomic E-state index is 6.36. The Morgan fingerprint density at radius 3 is 2.71 bits per heavy atom. The fourth-order valence-electron chi connectivity index (χ4n) is 2.62. The van der Waals surface area contributed by atoms with Crippen molar-refractivity contribution in [3.63, 3.8) is 0 Å². The maximum Gasteiger partial charge on any atom is 0.0593 e. The van der Waals surface area contributed by atoms with Crippen LogP contribution in [0.25, 0.3) is 0 Å². The molecule has 2 atom stereocenters. The monoisotopic (exact) mass is 310 g/mol. The molecular weight excluding hydrogens is 284 g/mol. The first-order chi connectivity index (χ1) is 10.1. The second-order valence-corrected chi connectivity index (χ2v) is 6.44. The molecule has 3 nitrogen and oxygen atoms in total. The van der Waals surface area contributed by atoms with Gasteiger partial charge in [0.2, 0.25) is 0 Å². The van der Waals surface area contributed by atoms with Gasteiger partial charge in [0, 0.05) is 24.2 Å². The van der Waals surface area contributed by atoms with Crippen LogP contribution >= 0.6 is 11.6 Å². The second kappa shape index (κ2) is 8.14. The van der Waals surface area contributed by atoms with Crippen molar-refractivity contribution in [1.29, 1.82) is 0 Å². The van der Waals surface area contributed by atoms with Crippen molar-refractivity contribution < 1.29 is 4.74 Å². The molecule has 1 aliphatic carbocycles. The summed E-state index contributed by atoms with van der Waals surface area (Å²) >= 11 is 6.36. The average molecular weight is 311 g/mol. The van der Waals surface area contributed by atoms with E-state index < -0.39 is 0 Å². The molecule has 0 saturated heterocycles. The molecular formula is C17H27ClN2O. The minimum atomic E-state index is 0.0679. The molecule has 4 heteroatoms. The van der Waals surface area contributed by atoms with Gasteiger partial charge in [-0.15, -0.1) is 0 Å². The van der Waals surface area contributed by atoms with E-state index in [1.54, 1.807) is 0 Å². The zero-order chi connectivity index (χ0) is 15.2. The van der Waals surface area contributed by atoms with Crippen LogP contribution in [0, 0.1) is 5.92 Å². The molecule has 0 radical (unpaired) electrons. The quantitative estimate of drug-likeness (QED) is 0.710. The predicted molar refractivity (Wildman–Crippen MR) is 88.6 cm³/mol. The third kappa shape index (κ3) is 4.96. The summed E-state index contributed by atoms with van der Waals surface area (Å²) in [6, 6.07) is 8.19. The number of ether oxygens (including phenoxy) is 1. The summed E-state index contributed by atoms with van der Waals surface area (Å²) < 4.78 is 5.74. The van der Waals surface area contributed by atoms with E-state index in [0.29, 0.717) is 0 Å². The zero-order valence-corrected chi connectivity index (χ0v) is 13.9. The lowest BCUT2D eigenvalue weighted by atomic mass is 9.96. The summed E-state index contributed by atoms with van der Waals surface area (Å²) in [5, 5.41) is 0.789. The Bertz CT molecular complexity index is 437. The summed E-state index contributed by atoms with van der Waals surface area (Å²) in [5.74, 6) is 0.813. The van der Waals surface area contributed by atoms with E-state index in [1.807, 2.05) is 18.2 Å². The smallest absolute Gasteiger partial charge is 0.0593 e. The number of rotatable bonds is 9. The van der Waals surface area contributed by atoms with Crippen molar-refractivity contribution >= 4 is 11.6 Å². The van der Waals surface area contributed by atoms with E-state index >= 15 is 0 Å². The molecule has 0 amide bonds. The van der Waals surface area contributed by atoms with Gasteiger partial charge in [-0.2, -0.15) is 0 Å². The van der Waals surface area contributed by atoms with Crippen LogP contribution in [0.15, 0.2) is 24.3 Å². The second-order valence-electron chi connectivity index (χ2n) is 6.04. The first kappa shape index (κ1) is 16.8. The highest BCUT2D eigenvalue weighted by molar-refractivity contribution is 6.31. The lowest BCUT2D eigenvalue weighted by Gasteiger charge is -2.33. The van der Waals surface area contributed by atoms with E-state index in [9.17, 15) is 0 Å². The largest absolute Gasteiger partial charge is 0.380 e. The number of benzene rings is 1. The summed E-state index contributed by atoms with van der Waals surface area (Å²) in [4.78, 5) is 2.27. The van der Waals surface area contributed by atoms with Crippen molar-refractivity contribution in [2.24, 2.45) is 11.7 Å². The fourth-order valence-corrected chi connectivity index (χ4v) is 2.86. The molecule has 1 saturated carbocycles. The van der Waals surface area contributed by atoms with Crippen molar-refractivity contribution in [1.82, 2.24) is 4.90 Å². The minimum absolute atomic E-state index is 0.0679. The molecule has 0 aromatic heterocycles. The standard InChI is InChI=1S/C17H27ClN2O/c1-3-16(19)17(14-6-4-5-7-15(14)18)20(2)10-11-21-12-13-8-9-13/h4-7,13,16-17H,3,8-12,19H2,1-2H3. The fraction of sp³-hybridized carbons (Fsp3) is 0.647. The molecule has 1 aromatic carbocycles. The van der Waals surface area contributed by atoms with Gasteiger partial charge < -0.3 is 10.5 Å². The van der Waals surface area contributed by atoms with Crippen molar-refractivity contribution in [2.75, 3.05) is 26.8 Å². The van der Waals surface area contributed by atoms with E-state index in [1.165, 1.54) is 12.8 Å². The Morgan fingerprint density at radius 2 is 2.10 bits per heavy atom. The number of halogens is 1. The molecule has 2 N–H and O–H groups in total. The van der Waals surface area contributed by atoms with E-state index in [4.69, 9.17) is 22.1 Å². The van der Waals surface area contributed by atoms with Crippen LogP contribution in [-0.2, 0) is 4.74 Å². The Morgan fingerprint density at radius 1 is 1.38 bits per heavy atom. The van der Waals surface area contributed by atoms with Crippen molar-refractivity contribution in [3.8, 4) is 0 Å². The maximum atomic E-state index is 6.36. The molecule has 0 spiro atoms. The molecule has 1 aliphatic rings. The highest BCUT2D eigenvalue weighted by Crippen LogP contribution is 2.30. The van der Waals surface area contributed by atoms with Gasteiger partial charge in [0.15, 0.2) is 0 Å². The number of likely N-dealkylation sites (N-methyl/N-ethyl adjacent to an activating group) is 1. The van der Waals surface area contributed by atoms with Crippen LogP contribution in [0.1, 0.15) is 37.8 Å². The van der Waals surface area contributed by atoms with Gasteiger partial charge in [-0.25, -0.2) is 0 Å². The van der Waals surface area contributed by atoms with Crippen LogP contribution in [-0.4, -0.2) is 37.7 Å². The zero-order valence-electron chi connectivity index (χ0n) is 13.1. The van der Waals surface area contributed by atoms with E-state index in [2.05, 4.69) is 24.9 Å². The minimum Gasteiger partial charge on any atom is -0.380 e. The molecule has 2 rings (SSSR count). The third-order valence-electron chi connectivity index (χ3n) is 4.21. The van der Waals surface area contributed by atoms with E-state index in [-0.39, 0.29) is 12.1 Å². The number of hydrogen-bond acceptors (Lipinski definition) is 3. The Balaban J connectivity index is 1.95. The molecule has 118 valence electrons. The van der Waals surface area contributed by atoms with Gasteiger partial charge in [0.1, 0.15) is 0 Å². The van der Waals surface area contributed by atoms with Gasteiger partial charge in [-0.05, 0) is 43.9 Å². The summed E-state index contributed by atoms with van der Waals surface area (Å²) in [6.07, 6.45) is 3.58. The van der Waals surface area contributed by atoms with Gasteiger partial charge >= 0.3 is 0 Å². The number of hydrogen-bond donors (Lipinski definition) is 1. The van der Waals surface area contributed by atoms with Gasteiger partial charge in [0.05, 0.1) is 12.6 Å². The molecule has 1 aromatic rings. The number of nitrogens with zero attached hydrogens (tertiary/aromatic N) is 1. The summed E-state index contributed by atoms with van der Waals surface area (Å²) in [7, 11) is 2.10. The predicted octanol–water partition coefficient (Wildman–Crippen LogP) is 3.48. The van der Waals surface area contributed by atoms with Gasteiger partial charge in [-0.1, -0.05) is 36.7 Å². The lowest BCUT2D eigenvalue weighted by Crippen LogP contribution is -2.40.